The highest BCUT2D eigenvalue weighted by Gasteiger charge is 2.13. The van der Waals surface area contributed by atoms with Gasteiger partial charge < -0.3 is 27.0 Å². The van der Waals surface area contributed by atoms with Crippen molar-refractivity contribution in [3.63, 3.8) is 0 Å². The molecule has 0 saturated heterocycles. The Morgan fingerprint density at radius 3 is 2.39 bits per heavy atom. The third-order valence-electron chi connectivity index (χ3n) is 2.44. The zero-order valence-corrected chi connectivity index (χ0v) is 12.1. The van der Waals surface area contributed by atoms with Crippen LogP contribution in [0.15, 0.2) is 24.5 Å². The van der Waals surface area contributed by atoms with Gasteiger partial charge in [0.1, 0.15) is 6.54 Å². The Hall–Kier alpha value is -1.43. The predicted octanol–water partition coefficient (Wildman–Crippen LogP) is -2.78. The molecule has 100 valence electrons. The lowest BCUT2D eigenvalue weighted by molar-refractivity contribution is -0.696. The lowest BCUT2D eigenvalue weighted by Gasteiger charge is -2.13. The Kier molecular flexibility index (Phi) is 7.19. The van der Waals surface area contributed by atoms with Crippen LogP contribution in [0.3, 0.4) is 0 Å². The second-order valence-corrected chi connectivity index (χ2v) is 4.01. The molecule has 1 aromatic rings. The number of likely N-dealkylation sites (N-methyl/N-ethyl adjacent to an activating group) is 1. The number of nitrogens with zero attached hydrogens (tertiary/aromatic N) is 2. The molecule has 1 N–H and O–H groups in total. The van der Waals surface area contributed by atoms with Crippen LogP contribution in [-0.2, 0) is 16.1 Å². The van der Waals surface area contributed by atoms with E-state index in [1.54, 1.807) is 0 Å². The highest BCUT2D eigenvalue weighted by Crippen LogP contribution is 1.93. The van der Waals surface area contributed by atoms with Gasteiger partial charge in [-0.25, -0.2) is 4.57 Å². The number of carbonyl (C=O) groups excluding carboxylic acids is 1. The molecule has 1 heterocycles. The standard InChI is InChI=1S/C12H16N2O3.BrH/c1-10-3-6-14(7-4-10)8-5-11(15)13(2)9-12(16)17;/h3-4,6-7H,5,8-9H2,1-2H3;1H. The normalized spacial score (nSPS) is 9.44. The number of carboxylic acid groups (broad SMARTS) is 1. The summed E-state index contributed by atoms with van der Waals surface area (Å²) in [5.74, 6) is -1.16. The van der Waals surface area contributed by atoms with E-state index < -0.39 is 5.97 Å². The van der Waals surface area contributed by atoms with Crippen molar-refractivity contribution < 1.29 is 36.2 Å². The molecule has 0 atom stereocenters. The minimum Gasteiger partial charge on any atom is -1.00 e. The topological polar surface area (TPSA) is 61.5 Å². The fraction of sp³-hybridized carbons (Fsp3) is 0.417. The molecule has 0 radical (unpaired) electrons. The van der Waals surface area contributed by atoms with Crippen LogP contribution in [0.1, 0.15) is 12.0 Å². The number of amides is 1. The molecule has 6 heteroatoms. The molecule has 0 saturated carbocycles. The first kappa shape index (κ1) is 16.6. The number of hydrogen-bond donors (Lipinski definition) is 1. The smallest absolute Gasteiger partial charge is 0.323 e. The van der Waals surface area contributed by atoms with Crippen LogP contribution in [0.25, 0.3) is 0 Å². The number of rotatable bonds is 5. The van der Waals surface area contributed by atoms with E-state index in [0.29, 0.717) is 13.0 Å². The fourth-order valence-corrected chi connectivity index (χ4v) is 1.39. The van der Waals surface area contributed by atoms with E-state index in [2.05, 4.69) is 0 Å². The number of pyridine rings is 1. The number of carboxylic acids is 1. The number of hydrogen-bond acceptors (Lipinski definition) is 2. The van der Waals surface area contributed by atoms with E-state index in [4.69, 9.17) is 5.11 Å². The molecule has 1 amide bonds. The van der Waals surface area contributed by atoms with Gasteiger partial charge in [0.05, 0.1) is 6.42 Å². The van der Waals surface area contributed by atoms with Crippen molar-refractivity contribution in [1.29, 1.82) is 0 Å². The molecule has 1 rings (SSSR count). The number of aliphatic carboxylic acids is 1. The minimum atomic E-state index is -0.996. The number of halogens is 1. The summed E-state index contributed by atoms with van der Waals surface area (Å²) >= 11 is 0. The quantitative estimate of drug-likeness (QED) is 0.598. The van der Waals surface area contributed by atoms with Crippen molar-refractivity contribution in [1.82, 2.24) is 4.90 Å². The number of carbonyl (C=O) groups is 2. The summed E-state index contributed by atoms with van der Waals surface area (Å²) in [5, 5.41) is 8.55. The highest BCUT2D eigenvalue weighted by molar-refractivity contribution is 5.80. The first-order chi connectivity index (χ1) is 7.99. The molecule has 0 aliphatic rings. The summed E-state index contributed by atoms with van der Waals surface area (Å²) in [6.45, 7) is 2.30. The number of aryl methyl sites for hydroxylation is 2. The van der Waals surface area contributed by atoms with E-state index in [0.717, 1.165) is 5.56 Å². The summed E-state index contributed by atoms with van der Waals surface area (Å²) in [6, 6.07) is 3.93. The zero-order chi connectivity index (χ0) is 12.8. The molecule has 0 aliphatic carbocycles. The van der Waals surface area contributed by atoms with Gasteiger partial charge in [-0.2, -0.15) is 0 Å². The van der Waals surface area contributed by atoms with Crippen molar-refractivity contribution >= 4 is 11.9 Å². The van der Waals surface area contributed by atoms with Gasteiger partial charge in [0.2, 0.25) is 5.91 Å². The van der Waals surface area contributed by atoms with Crippen molar-refractivity contribution in [2.45, 2.75) is 19.9 Å². The monoisotopic (exact) mass is 316 g/mol. The summed E-state index contributed by atoms with van der Waals surface area (Å²) in [4.78, 5) is 23.2. The Bertz CT molecular complexity index is 406. The maximum absolute atomic E-state index is 11.6. The Morgan fingerprint density at radius 2 is 1.89 bits per heavy atom. The minimum absolute atomic E-state index is 0. The van der Waals surface area contributed by atoms with Crippen LogP contribution in [0.2, 0.25) is 0 Å². The summed E-state index contributed by atoms with van der Waals surface area (Å²) in [6.07, 6.45) is 4.11. The molecule has 0 fully saturated rings. The maximum atomic E-state index is 11.6. The zero-order valence-electron chi connectivity index (χ0n) is 10.5. The van der Waals surface area contributed by atoms with Crippen molar-refractivity contribution in [3.05, 3.63) is 30.1 Å². The largest absolute Gasteiger partial charge is 1.00 e. The summed E-state index contributed by atoms with van der Waals surface area (Å²) < 4.78 is 1.90. The molecule has 0 aliphatic heterocycles. The van der Waals surface area contributed by atoms with Crippen LogP contribution in [0, 0.1) is 6.92 Å². The molecule has 5 nitrogen and oxygen atoms in total. The molecule has 0 unspecified atom stereocenters. The van der Waals surface area contributed by atoms with Gasteiger partial charge in [-0.15, -0.1) is 0 Å². The SMILES string of the molecule is Cc1cc[n+](CCC(=O)N(C)CC(=O)O)cc1.[Br-]. The first-order valence-corrected chi connectivity index (χ1v) is 5.40. The van der Waals surface area contributed by atoms with Gasteiger partial charge in [0.25, 0.3) is 0 Å². The lowest BCUT2D eigenvalue weighted by Crippen LogP contribution is -3.00. The molecular formula is C12H17BrN2O3. The summed E-state index contributed by atoms with van der Waals surface area (Å²) in [7, 11) is 1.50. The number of aromatic nitrogens is 1. The second-order valence-electron chi connectivity index (χ2n) is 4.01. The van der Waals surface area contributed by atoms with Gasteiger partial charge in [0, 0.05) is 19.2 Å². The Morgan fingerprint density at radius 1 is 1.33 bits per heavy atom. The predicted molar refractivity (Wildman–Crippen MR) is 61.3 cm³/mol. The lowest BCUT2D eigenvalue weighted by atomic mass is 10.3. The van der Waals surface area contributed by atoms with Crippen molar-refractivity contribution in [2.75, 3.05) is 13.6 Å². The van der Waals surface area contributed by atoms with E-state index >= 15 is 0 Å². The van der Waals surface area contributed by atoms with Gasteiger partial charge in [-0.1, -0.05) is 0 Å². The van der Waals surface area contributed by atoms with Crippen LogP contribution < -0.4 is 21.5 Å². The van der Waals surface area contributed by atoms with Crippen LogP contribution in [0.4, 0.5) is 0 Å². The second kappa shape index (κ2) is 7.81. The average Bonchev–Trinajstić information content (AvgIpc) is 2.27. The molecule has 0 bridgehead atoms. The first-order valence-electron chi connectivity index (χ1n) is 5.40. The molecule has 0 aromatic carbocycles. The van der Waals surface area contributed by atoms with Crippen LogP contribution in [-0.4, -0.2) is 35.5 Å². The van der Waals surface area contributed by atoms with Crippen molar-refractivity contribution in [2.24, 2.45) is 0 Å². The molecule has 1 aromatic heterocycles. The van der Waals surface area contributed by atoms with E-state index in [1.807, 2.05) is 36.0 Å². The van der Waals surface area contributed by atoms with Crippen LogP contribution >= 0.6 is 0 Å². The van der Waals surface area contributed by atoms with Gasteiger partial charge >= 0.3 is 5.97 Å². The highest BCUT2D eigenvalue weighted by atomic mass is 79.9. The molecule has 0 spiro atoms. The molecular weight excluding hydrogens is 300 g/mol. The van der Waals surface area contributed by atoms with Crippen LogP contribution in [0.5, 0.6) is 0 Å². The Labute approximate surface area is 117 Å². The maximum Gasteiger partial charge on any atom is 0.323 e. The van der Waals surface area contributed by atoms with E-state index in [9.17, 15) is 9.59 Å². The Balaban J connectivity index is 0.00000289. The van der Waals surface area contributed by atoms with Gasteiger partial charge in [-0.3, -0.25) is 9.59 Å². The average molecular weight is 317 g/mol. The fourth-order valence-electron chi connectivity index (χ4n) is 1.39. The third kappa shape index (κ3) is 5.77. The van der Waals surface area contributed by atoms with Crippen molar-refractivity contribution in [3.8, 4) is 0 Å². The van der Waals surface area contributed by atoms with E-state index in [1.165, 1.54) is 11.9 Å². The third-order valence-corrected chi connectivity index (χ3v) is 2.44. The summed E-state index contributed by atoms with van der Waals surface area (Å²) in [5.41, 5.74) is 1.16. The van der Waals surface area contributed by atoms with Gasteiger partial charge in [-0.05, 0) is 12.5 Å². The molecule has 18 heavy (non-hydrogen) atoms. The van der Waals surface area contributed by atoms with E-state index in [-0.39, 0.29) is 29.4 Å². The van der Waals surface area contributed by atoms with Gasteiger partial charge in [0.15, 0.2) is 18.9 Å².